The Bertz CT molecular complexity index is 653. The quantitative estimate of drug-likeness (QED) is 0.921. The fourth-order valence-corrected chi connectivity index (χ4v) is 3.67. The fraction of sp³-hybridized carbons (Fsp3) is 0.533. The molecule has 5 nitrogen and oxygen atoms in total. The molecule has 0 aliphatic carbocycles. The molecule has 0 bridgehead atoms. The van der Waals surface area contributed by atoms with E-state index in [1.165, 1.54) is 16.4 Å². The zero-order chi connectivity index (χ0) is 16.3. The van der Waals surface area contributed by atoms with Gasteiger partial charge in [0, 0.05) is 24.7 Å². The Labute approximate surface area is 130 Å². The van der Waals surface area contributed by atoms with Gasteiger partial charge in [0.15, 0.2) is 0 Å². The first-order chi connectivity index (χ1) is 10.3. The minimum absolute atomic E-state index is 0.0757. The second-order valence-corrected chi connectivity index (χ2v) is 7.78. The largest absolute Gasteiger partial charge is 0.326 e. The van der Waals surface area contributed by atoms with Crippen molar-refractivity contribution < 1.29 is 17.6 Å². The van der Waals surface area contributed by atoms with Crippen molar-refractivity contribution >= 4 is 21.6 Å². The standard InChI is InChI=1S/C15H21FN2O3S/c1-3-22(20,21)18-8-6-12(7-9-18)15(19)17-14-10-13(16)5-4-11(14)2/h4-5,10,12H,3,6-9H2,1-2H3,(H,17,19). The monoisotopic (exact) mass is 328 g/mol. The third kappa shape index (κ3) is 3.84. The zero-order valence-corrected chi connectivity index (χ0v) is 13.6. The van der Waals surface area contributed by atoms with Crippen LogP contribution in [0.3, 0.4) is 0 Å². The van der Waals surface area contributed by atoms with Crippen LogP contribution < -0.4 is 5.32 Å². The molecule has 0 saturated carbocycles. The Morgan fingerprint density at radius 3 is 2.59 bits per heavy atom. The van der Waals surface area contributed by atoms with Gasteiger partial charge in [-0.15, -0.1) is 0 Å². The van der Waals surface area contributed by atoms with Gasteiger partial charge in [-0.25, -0.2) is 17.1 Å². The first-order valence-electron chi connectivity index (χ1n) is 7.38. The number of carbonyl (C=O) groups excluding carboxylic acids is 1. The van der Waals surface area contributed by atoms with Gasteiger partial charge in [-0.2, -0.15) is 0 Å². The summed E-state index contributed by atoms with van der Waals surface area (Å²) in [6, 6.07) is 4.25. The molecule has 0 unspecified atom stereocenters. The molecule has 0 spiro atoms. The van der Waals surface area contributed by atoms with Crippen LogP contribution >= 0.6 is 0 Å². The number of amides is 1. The summed E-state index contributed by atoms with van der Waals surface area (Å²) in [6.45, 7) is 4.12. The van der Waals surface area contributed by atoms with Crippen molar-refractivity contribution in [3.8, 4) is 0 Å². The first-order valence-corrected chi connectivity index (χ1v) is 8.99. The lowest BCUT2D eigenvalue weighted by atomic mass is 9.97. The highest BCUT2D eigenvalue weighted by Crippen LogP contribution is 2.23. The average Bonchev–Trinajstić information content (AvgIpc) is 2.51. The van der Waals surface area contributed by atoms with Crippen molar-refractivity contribution in [3.63, 3.8) is 0 Å². The summed E-state index contributed by atoms with van der Waals surface area (Å²) in [4.78, 5) is 12.3. The van der Waals surface area contributed by atoms with Crippen molar-refractivity contribution in [2.24, 2.45) is 5.92 Å². The van der Waals surface area contributed by atoms with Crippen LogP contribution in [0.1, 0.15) is 25.3 Å². The molecular weight excluding hydrogens is 307 g/mol. The average molecular weight is 328 g/mol. The van der Waals surface area contributed by atoms with Gasteiger partial charge >= 0.3 is 0 Å². The van der Waals surface area contributed by atoms with E-state index in [1.807, 2.05) is 0 Å². The number of aryl methyl sites for hydroxylation is 1. The number of piperidine rings is 1. The van der Waals surface area contributed by atoms with Crippen LogP contribution in [-0.2, 0) is 14.8 Å². The highest BCUT2D eigenvalue weighted by atomic mass is 32.2. The van der Waals surface area contributed by atoms with Crippen LogP contribution in [0, 0.1) is 18.7 Å². The van der Waals surface area contributed by atoms with Crippen LogP contribution in [0.5, 0.6) is 0 Å². The van der Waals surface area contributed by atoms with E-state index in [9.17, 15) is 17.6 Å². The Kier molecular flexibility index (Phi) is 5.18. The van der Waals surface area contributed by atoms with Gasteiger partial charge in [-0.3, -0.25) is 4.79 Å². The van der Waals surface area contributed by atoms with Crippen LogP contribution in [0.25, 0.3) is 0 Å². The number of sulfonamides is 1. The van der Waals surface area contributed by atoms with Gasteiger partial charge in [0.25, 0.3) is 0 Å². The Morgan fingerprint density at radius 1 is 1.36 bits per heavy atom. The van der Waals surface area contributed by atoms with E-state index in [1.54, 1.807) is 19.9 Å². The van der Waals surface area contributed by atoms with Gasteiger partial charge in [-0.1, -0.05) is 6.07 Å². The van der Waals surface area contributed by atoms with Crippen LogP contribution in [0.2, 0.25) is 0 Å². The summed E-state index contributed by atoms with van der Waals surface area (Å²) in [5, 5.41) is 2.74. The van der Waals surface area contributed by atoms with Gasteiger partial charge < -0.3 is 5.32 Å². The lowest BCUT2D eigenvalue weighted by molar-refractivity contribution is -0.120. The molecule has 1 saturated heterocycles. The molecule has 0 aromatic heterocycles. The van der Waals surface area contributed by atoms with Gasteiger partial charge in [0.05, 0.1) is 5.75 Å². The predicted octanol–water partition coefficient (Wildman–Crippen LogP) is 2.13. The maximum atomic E-state index is 13.2. The summed E-state index contributed by atoms with van der Waals surface area (Å²) < 4.78 is 38.2. The molecule has 7 heteroatoms. The van der Waals surface area contributed by atoms with Crippen molar-refractivity contribution in [2.45, 2.75) is 26.7 Å². The number of nitrogens with one attached hydrogen (secondary N) is 1. The number of hydrogen-bond acceptors (Lipinski definition) is 3. The highest BCUT2D eigenvalue weighted by Gasteiger charge is 2.30. The van der Waals surface area contributed by atoms with E-state index in [0.717, 1.165) is 5.56 Å². The molecule has 1 aliphatic heterocycles. The van der Waals surface area contributed by atoms with Crippen LogP contribution in [0.15, 0.2) is 18.2 Å². The lowest BCUT2D eigenvalue weighted by Crippen LogP contribution is -2.42. The minimum Gasteiger partial charge on any atom is -0.326 e. The first kappa shape index (κ1) is 16.9. The topological polar surface area (TPSA) is 66.5 Å². The van der Waals surface area contributed by atoms with Crippen LogP contribution in [-0.4, -0.2) is 37.5 Å². The van der Waals surface area contributed by atoms with E-state index < -0.39 is 15.8 Å². The third-order valence-corrected chi connectivity index (χ3v) is 5.92. The number of rotatable bonds is 4. The van der Waals surface area contributed by atoms with Crippen molar-refractivity contribution in [1.82, 2.24) is 4.31 Å². The van der Waals surface area contributed by atoms with Crippen molar-refractivity contribution in [3.05, 3.63) is 29.6 Å². The van der Waals surface area contributed by atoms with E-state index in [0.29, 0.717) is 31.6 Å². The molecule has 22 heavy (non-hydrogen) atoms. The summed E-state index contributed by atoms with van der Waals surface area (Å²) in [5.74, 6) is -0.746. The molecule has 1 heterocycles. The SMILES string of the molecule is CCS(=O)(=O)N1CCC(C(=O)Nc2cc(F)ccc2C)CC1. The molecule has 1 aromatic rings. The van der Waals surface area contributed by atoms with Gasteiger partial charge in [0.2, 0.25) is 15.9 Å². The normalized spacial score (nSPS) is 17.4. The summed E-state index contributed by atoms with van der Waals surface area (Å²) >= 11 is 0. The molecule has 1 fully saturated rings. The molecule has 1 N–H and O–H groups in total. The third-order valence-electron chi connectivity index (χ3n) is 4.04. The minimum atomic E-state index is -3.19. The molecule has 0 radical (unpaired) electrons. The van der Waals surface area contributed by atoms with E-state index in [-0.39, 0.29) is 17.6 Å². The maximum Gasteiger partial charge on any atom is 0.227 e. The number of carbonyl (C=O) groups is 1. The van der Waals surface area contributed by atoms with Gasteiger partial charge in [0.1, 0.15) is 5.82 Å². The number of halogens is 1. The second kappa shape index (κ2) is 6.75. The van der Waals surface area contributed by atoms with E-state index in [4.69, 9.17) is 0 Å². The second-order valence-electron chi connectivity index (χ2n) is 5.52. The summed E-state index contributed by atoms with van der Waals surface area (Å²) in [5.41, 5.74) is 1.26. The molecule has 2 rings (SSSR count). The van der Waals surface area contributed by atoms with Crippen molar-refractivity contribution in [2.75, 3.05) is 24.2 Å². The number of hydrogen-bond donors (Lipinski definition) is 1. The lowest BCUT2D eigenvalue weighted by Gasteiger charge is -2.30. The number of nitrogens with zero attached hydrogens (tertiary/aromatic N) is 1. The zero-order valence-electron chi connectivity index (χ0n) is 12.8. The molecule has 122 valence electrons. The molecule has 1 amide bonds. The van der Waals surface area contributed by atoms with Crippen molar-refractivity contribution in [1.29, 1.82) is 0 Å². The molecule has 1 aromatic carbocycles. The fourth-order valence-electron chi connectivity index (χ4n) is 2.54. The highest BCUT2D eigenvalue weighted by molar-refractivity contribution is 7.89. The summed E-state index contributed by atoms with van der Waals surface area (Å²) in [6.07, 6.45) is 0.971. The molecule has 0 atom stereocenters. The Morgan fingerprint density at radius 2 is 2.00 bits per heavy atom. The number of benzene rings is 1. The van der Waals surface area contributed by atoms with E-state index >= 15 is 0 Å². The maximum absolute atomic E-state index is 13.2. The Balaban J connectivity index is 1.97. The van der Waals surface area contributed by atoms with Gasteiger partial charge in [-0.05, 0) is 44.4 Å². The number of anilines is 1. The predicted molar refractivity (Wildman–Crippen MR) is 83.5 cm³/mol. The Hall–Kier alpha value is -1.47. The van der Waals surface area contributed by atoms with E-state index in [2.05, 4.69) is 5.32 Å². The molecular formula is C15H21FN2O3S. The molecule has 1 aliphatic rings. The summed E-state index contributed by atoms with van der Waals surface area (Å²) in [7, 11) is -3.19. The van der Waals surface area contributed by atoms with Crippen LogP contribution in [0.4, 0.5) is 10.1 Å². The smallest absolute Gasteiger partial charge is 0.227 e.